The molecule has 2 aromatic carbocycles. The Hall–Kier alpha value is -3.03. The average Bonchev–Trinajstić information content (AvgIpc) is 3.39. The highest BCUT2D eigenvalue weighted by Gasteiger charge is 2.26. The second-order valence-electron chi connectivity index (χ2n) is 9.20. The number of hydrogen-bond acceptors (Lipinski definition) is 5. The normalized spacial score (nSPS) is 16.2. The summed E-state index contributed by atoms with van der Waals surface area (Å²) < 4.78 is 0. The fourth-order valence-electron chi connectivity index (χ4n) is 4.83. The third-order valence-corrected chi connectivity index (χ3v) is 7.36. The van der Waals surface area contributed by atoms with E-state index in [4.69, 9.17) is 0 Å². The van der Waals surface area contributed by atoms with Gasteiger partial charge in [-0.25, -0.2) is 4.98 Å². The Morgan fingerprint density at radius 1 is 1.03 bits per heavy atom. The molecule has 0 bridgehead atoms. The number of anilines is 2. The molecule has 3 heterocycles. The van der Waals surface area contributed by atoms with Crippen LogP contribution in [0.4, 0.5) is 10.8 Å². The quantitative estimate of drug-likeness (QED) is 0.556. The van der Waals surface area contributed by atoms with Crippen LogP contribution in [-0.2, 0) is 11.2 Å². The van der Waals surface area contributed by atoms with Crippen molar-refractivity contribution >= 4 is 34.0 Å². The summed E-state index contributed by atoms with van der Waals surface area (Å²) >= 11 is 1.45. The first-order chi connectivity index (χ1) is 16.6. The number of thiazole rings is 1. The lowest BCUT2D eigenvalue weighted by Crippen LogP contribution is -2.33. The van der Waals surface area contributed by atoms with Gasteiger partial charge in [-0.2, -0.15) is 0 Å². The number of amides is 2. The van der Waals surface area contributed by atoms with Gasteiger partial charge in [0.2, 0.25) is 5.91 Å². The topological polar surface area (TPSA) is 65.5 Å². The van der Waals surface area contributed by atoms with Crippen LogP contribution in [-0.4, -0.2) is 47.9 Å². The van der Waals surface area contributed by atoms with Crippen LogP contribution < -0.4 is 10.2 Å². The van der Waals surface area contributed by atoms with Crippen molar-refractivity contribution in [3.8, 4) is 11.3 Å². The molecule has 176 valence electrons. The van der Waals surface area contributed by atoms with E-state index < -0.39 is 0 Å². The summed E-state index contributed by atoms with van der Waals surface area (Å²) in [4.78, 5) is 34.3. The van der Waals surface area contributed by atoms with Crippen molar-refractivity contribution < 1.29 is 9.59 Å². The largest absolute Gasteiger partial charge is 0.308 e. The van der Waals surface area contributed by atoms with Crippen LogP contribution in [0.5, 0.6) is 0 Å². The van der Waals surface area contributed by atoms with E-state index in [1.54, 1.807) is 0 Å². The van der Waals surface area contributed by atoms with Crippen molar-refractivity contribution in [2.24, 2.45) is 0 Å². The third-order valence-electron chi connectivity index (χ3n) is 6.60. The summed E-state index contributed by atoms with van der Waals surface area (Å²) in [7, 11) is 0. The van der Waals surface area contributed by atoms with Gasteiger partial charge >= 0.3 is 0 Å². The minimum absolute atomic E-state index is 0.00190. The molecule has 6 nitrogen and oxygen atoms in total. The maximum absolute atomic E-state index is 13.1. The van der Waals surface area contributed by atoms with Gasteiger partial charge in [0, 0.05) is 28.7 Å². The molecule has 1 N–H and O–H groups in total. The summed E-state index contributed by atoms with van der Waals surface area (Å²) in [5.74, 6) is 0.0420. The number of carbonyl (C=O) groups is 2. The molecule has 0 atom stereocenters. The van der Waals surface area contributed by atoms with Gasteiger partial charge in [0.05, 0.1) is 12.2 Å². The van der Waals surface area contributed by atoms with Crippen LogP contribution in [0.15, 0.2) is 47.8 Å². The molecule has 0 unspecified atom stereocenters. The van der Waals surface area contributed by atoms with Gasteiger partial charge in [0.15, 0.2) is 5.13 Å². The highest BCUT2D eigenvalue weighted by molar-refractivity contribution is 7.14. The maximum atomic E-state index is 13.1. The van der Waals surface area contributed by atoms with Crippen molar-refractivity contribution in [2.45, 2.75) is 39.0 Å². The zero-order valence-electron chi connectivity index (χ0n) is 19.5. The van der Waals surface area contributed by atoms with E-state index in [-0.39, 0.29) is 11.8 Å². The predicted molar refractivity (Wildman–Crippen MR) is 138 cm³/mol. The van der Waals surface area contributed by atoms with E-state index in [1.807, 2.05) is 53.6 Å². The zero-order chi connectivity index (χ0) is 23.5. The van der Waals surface area contributed by atoms with Crippen molar-refractivity contribution in [3.63, 3.8) is 0 Å². The van der Waals surface area contributed by atoms with Gasteiger partial charge in [-0.05, 0) is 69.1 Å². The number of rotatable bonds is 5. The minimum atomic E-state index is 0.00190. The number of nitrogens with zero attached hydrogens (tertiary/aromatic N) is 3. The van der Waals surface area contributed by atoms with Crippen LogP contribution in [0.3, 0.4) is 0 Å². The Bertz CT molecular complexity index is 1200. The molecule has 7 heteroatoms. The first-order valence-corrected chi connectivity index (χ1v) is 12.9. The highest BCUT2D eigenvalue weighted by atomic mass is 32.1. The highest BCUT2D eigenvalue weighted by Crippen LogP contribution is 2.34. The van der Waals surface area contributed by atoms with E-state index in [0.29, 0.717) is 18.2 Å². The molecular weight excluding hydrogens is 444 g/mol. The SMILES string of the molecule is Cc1cccc(C(=O)N2CCc3cc(-c4csc(NC(=O)CN5CCCCCC5)n4)ccc32)c1. The van der Waals surface area contributed by atoms with E-state index in [0.717, 1.165) is 53.1 Å². The summed E-state index contributed by atoms with van der Waals surface area (Å²) in [5.41, 5.74) is 5.78. The maximum Gasteiger partial charge on any atom is 0.258 e. The van der Waals surface area contributed by atoms with E-state index in [9.17, 15) is 9.59 Å². The molecule has 0 aliphatic carbocycles. The molecule has 0 radical (unpaired) electrons. The molecule has 2 aliphatic heterocycles. The second-order valence-corrected chi connectivity index (χ2v) is 10.1. The number of hydrogen-bond donors (Lipinski definition) is 1. The number of fused-ring (bicyclic) bond motifs is 1. The Morgan fingerprint density at radius 2 is 1.85 bits per heavy atom. The molecule has 0 saturated carbocycles. The van der Waals surface area contributed by atoms with Gasteiger partial charge < -0.3 is 10.2 Å². The molecule has 2 aliphatic rings. The number of likely N-dealkylation sites (tertiary alicyclic amines) is 1. The minimum Gasteiger partial charge on any atom is -0.308 e. The Morgan fingerprint density at radius 3 is 2.65 bits per heavy atom. The second kappa shape index (κ2) is 10.1. The average molecular weight is 475 g/mol. The molecule has 5 rings (SSSR count). The molecule has 3 aromatic rings. The summed E-state index contributed by atoms with van der Waals surface area (Å²) in [6.45, 7) is 5.10. The molecule has 2 amide bonds. The van der Waals surface area contributed by atoms with Gasteiger partial charge in [0.25, 0.3) is 5.91 Å². The lowest BCUT2D eigenvalue weighted by molar-refractivity contribution is -0.117. The molecule has 0 spiro atoms. The fourth-order valence-corrected chi connectivity index (χ4v) is 5.56. The predicted octanol–water partition coefficient (Wildman–Crippen LogP) is 5.14. The van der Waals surface area contributed by atoms with Crippen molar-refractivity contribution in [3.05, 3.63) is 64.5 Å². The number of carbonyl (C=O) groups excluding carboxylic acids is 2. The number of nitrogens with one attached hydrogen (secondary N) is 1. The van der Waals surface area contributed by atoms with Gasteiger partial charge in [0.1, 0.15) is 0 Å². The van der Waals surface area contributed by atoms with Crippen LogP contribution in [0.25, 0.3) is 11.3 Å². The Kier molecular flexibility index (Phi) is 6.74. The molecule has 1 aromatic heterocycles. The first kappa shape index (κ1) is 22.7. The fraction of sp³-hybridized carbons (Fsp3) is 0.370. The Balaban J connectivity index is 1.25. The number of aryl methyl sites for hydroxylation is 1. The lowest BCUT2D eigenvalue weighted by atomic mass is 10.1. The number of aromatic nitrogens is 1. The van der Waals surface area contributed by atoms with Crippen molar-refractivity contribution in [1.29, 1.82) is 0 Å². The van der Waals surface area contributed by atoms with Crippen LogP contribution in [0, 0.1) is 6.92 Å². The lowest BCUT2D eigenvalue weighted by Gasteiger charge is -2.18. The molecule has 1 fully saturated rings. The monoisotopic (exact) mass is 474 g/mol. The van der Waals surface area contributed by atoms with Crippen molar-refractivity contribution in [2.75, 3.05) is 36.4 Å². The van der Waals surface area contributed by atoms with Crippen molar-refractivity contribution in [1.82, 2.24) is 9.88 Å². The van der Waals surface area contributed by atoms with Gasteiger partial charge in [-0.15, -0.1) is 11.3 Å². The van der Waals surface area contributed by atoms with E-state index >= 15 is 0 Å². The number of benzene rings is 2. The summed E-state index contributed by atoms with van der Waals surface area (Å²) in [6.07, 6.45) is 5.67. The molecule has 1 saturated heterocycles. The molecule has 34 heavy (non-hydrogen) atoms. The van der Waals surface area contributed by atoms with E-state index in [1.165, 1.54) is 37.0 Å². The summed E-state index contributed by atoms with van der Waals surface area (Å²) in [6, 6.07) is 13.9. The van der Waals surface area contributed by atoms with E-state index in [2.05, 4.69) is 21.3 Å². The van der Waals surface area contributed by atoms with Gasteiger partial charge in [-0.3, -0.25) is 14.5 Å². The zero-order valence-corrected chi connectivity index (χ0v) is 20.4. The Labute approximate surface area is 204 Å². The van der Waals surface area contributed by atoms with Crippen LogP contribution >= 0.6 is 11.3 Å². The third kappa shape index (κ3) is 5.05. The smallest absolute Gasteiger partial charge is 0.258 e. The standard InChI is InChI=1S/C27H30N4O2S/c1-19-7-6-8-22(15-19)26(33)31-14-11-21-16-20(9-10-24(21)31)23-18-34-27(28-23)29-25(32)17-30-12-4-2-3-5-13-30/h6-10,15-16,18H,2-5,11-14,17H2,1H3,(H,28,29,32). The molecular formula is C27H30N4O2S. The summed E-state index contributed by atoms with van der Waals surface area (Å²) in [5, 5.41) is 5.58. The van der Waals surface area contributed by atoms with Crippen LogP contribution in [0.2, 0.25) is 0 Å². The first-order valence-electron chi connectivity index (χ1n) is 12.1. The van der Waals surface area contributed by atoms with Gasteiger partial charge in [-0.1, -0.05) is 36.6 Å². The van der Waals surface area contributed by atoms with Crippen LogP contribution in [0.1, 0.15) is 47.2 Å².